The van der Waals surface area contributed by atoms with Crippen molar-refractivity contribution in [2.24, 2.45) is 0 Å². The molecule has 11 heteroatoms. The zero-order chi connectivity index (χ0) is 22.9. The van der Waals surface area contributed by atoms with Gasteiger partial charge in [0.1, 0.15) is 17.3 Å². The second kappa shape index (κ2) is 8.04. The number of carboxylic acid groups (broad SMARTS) is 1. The average Bonchev–Trinajstić information content (AvgIpc) is 3.27. The molecule has 0 aliphatic heterocycles. The highest BCUT2D eigenvalue weighted by Crippen LogP contribution is 2.28. The van der Waals surface area contributed by atoms with Gasteiger partial charge in [-0.1, -0.05) is 6.07 Å². The number of anilines is 1. The van der Waals surface area contributed by atoms with Crippen molar-refractivity contribution in [2.75, 3.05) is 5.73 Å². The monoisotopic (exact) mass is 437 g/mol. The van der Waals surface area contributed by atoms with Crippen molar-refractivity contribution in [3.63, 3.8) is 0 Å². The molecule has 33 heavy (non-hydrogen) atoms. The van der Waals surface area contributed by atoms with Crippen molar-refractivity contribution >= 4 is 30.7 Å². The maximum absolute atomic E-state index is 11.0. The van der Waals surface area contributed by atoms with Crippen molar-refractivity contribution in [1.29, 1.82) is 0 Å². The molecule has 0 saturated carbocycles. The van der Waals surface area contributed by atoms with Crippen LogP contribution in [0.3, 0.4) is 0 Å². The molecule has 3 N–H and O–H groups in total. The molecule has 5 aromatic heterocycles. The molecule has 5 rings (SSSR count). The Morgan fingerprint density at radius 2 is 1.91 bits per heavy atom. The SMILES string of the molecule is Bc1c(Oc2ccc(C(=O)O)nc2)nc2c(-c3ccc(-c4cccnc4)nc3)cnn2c1N. The first-order chi connectivity index (χ1) is 16.0. The molecule has 0 bridgehead atoms. The molecule has 0 spiro atoms. The van der Waals surface area contributed by atoms with Crippen LogP contribution in [0.5, 0.6) is 11.6 Å². The fraction of sp³-hybridized carbons (Fsp3) is 0. The number of hydrogen-bond donors (Lipinski definition) is 2. The van der Waals surface area contributed by atoms with E-state index in [9.17, 15) is 4.79 Å². The molecule has 5 heterocycles. The van der Waals surface area contributed by atoms with E-state index >= 15 is 0 Å². The van der Waals surface area contributed by atoms with Crippen molar-refractivity contribution < 1.29 is 14.6 Å². The largest absolute Gasteiger partial charge is 0.477 e. The van der Waals surface area contributed by atoms with Crippen molar-refractivity contribution in [2.45, 2.75) is 0 Å². The minimum Gasteiger partial charge on any atom is -0.477 e. The van der Waals surface area contributed by atoms with Crippen LogP contribution in [-0.2, 0) is 0 Å². The van der Waals surface area contributed by atoms with Gasteiger partial charge in [-0.3, -0.25) is 9.97 Å². The van der Waals surface area contributed by atoms with Crippen LogP contribution in [0, 0.1) is 0 Å². The predicted octanol–water partition coefficient (Wildman–Crippen LogP) is 1.58. The number of carbonyl (C=O) groups is 1. The third kappa shape index (κ3) is 3.72. The molecule has 0 saturated heterocycles. The lowest BCUT2D eigenvalue weighted by molar-refractivity contribution is 0.0690. The number of carboxylic acids is 1. The lowest BCUT2D eigenvalue weighted by Crippen LogP contribution is -2.19. The maximum Gasteiger partial charge on any atom is 0.354 e. The minimum atomic E-state index is -1.12. The molecule has 10 nitrogen and oxygen atoms in total. The number of aromatic carboxylic acids is 1. The van der Waals surface area contributed by atoms with Gasteiger partial charge in [0.05, 0.1) is 18.1 Å². The smallest absolute Gasteiger partial charge is 0.354 e. The molecule has 0 aromatic carbocycles. The molecule has 0 unspecified atom stereocenters. The lowest BCUT2D eigenvalue weighted by atomic mass is 9.98. The number of nitrogens with two attached hydrogens (primary N) is 1. The zero-order valence-electron chi connectivity index (χ0n) is 17.4. The number of pyridine rings is 3. The van der Waals surface area contributed by atoms with Gasteiger partial charge in [0.15, 0.2) is 13.5 Å². The van der Waals surface area contributed by atoms with Crippen LogP contribution < -0.4 is 15.9 Å². The number of aromatic nitrogens is 6. The Kier molecular flexibility index (Phi) is 4.90. The summed E-state index contributed by atoms with van der Waals surface area (Å²) >= 11 is 0. The molecule has 0 radical (unpaired) electrons. The van der Waals surface area contributed by atoms with Crippen molar-refractivity contribution in [3.05, 3.63) is 73.1 Å². The summed E-state index contributed by atoms with van der Waals surface area (Å²) in [6.45, 7) is 0. The molecule has 5 aromatic rings. The van der Waals surface area contributed by atoms with E-state index in [0.717, 1.165) is 22.4 Å². The fourth-order valence-electron chi connectivity index (χ4n) is 3.29. The highest BCUT2D eigenvalue weighted by Gasteiger charge is 2.17. The van der Waals surface area contributed by atoms with Gasteiger partial charge in [-0.25, -0.2) is 9.78 Å². The number of fused-ring (bicyclic) bond motifs is 1. The van der Waals surface area contributed by atoms with Crippen LogP contribution in [0.25, 0.3) is 28.0 Å². The summed E-state index contributed by atoms with van der Waals surface area (Å²) < 4.78 is 7.40. The summed E-state index contributed by atoms with van der Waals surface area (Å²) in [6, 6.07) is 10.5. The summed E-state index contributed by atoms with van der Waals surface area (Å²) in [5, 5.41) is 13.4. The molecule has 0 aliphatic carbocycles. The summed E-state index contributed by atoms with van der Waals surface area (Å²) in [5.74, 6) is -0.139. The van der Waals surface area contributed by atoms with Crippen molar-refractivity contribution in [3.8, 4) is 34.0 Å². The quantitative estimate of drug-likeness (QED) is 0.392. The Bertz CT molecular complexity index is 1470. The third-order valence-corrected chi connectivity index (χ3v) is 5.09. The van der Waals surface area contributed by atoms with E-state index in [1.54, 1.807) is 37.1 Å². The molecule has 0 fully saturated rings. The highest BCUT2D eigenvalue weighted by atomic mass is 16.5. The molecule has 0 atom stereocenters. The van der Waals surface area contributed by atoms with Gasteiger partial charge in [0.25, 0.3) is 0 Å². The molecule has 0 aliphatic rings. The van der Waals surface area contributed by atoms with Crippen LogP contribution in [0.1, 0.15) is 10.5 Å². The van der Waals surface area contributed by atoms with E-state index in [2.05, 4.69) is 25.0 Å². The van der Waals surface area contributed by atoms with E-state index in [4.69, 9.17) is 15.6 Å². The van der Waals surface area contributed by atoms with Gasteiger partial charge in [0, 0.05) is 40.7 Å². The summed E-state index contributed by atoms with van der Waals surface area (Å²) in [7, 11) is 1.77. The van der Waals surface area contributed by atoms with E-state index in [0.29, 0.717) is 22.7 Å². The van der Waals surface area contributed by atoms with Crippen molar-refractivity contribution in [1.82, 2.24) is 29.5 Å². The van der Waals surface area contributed by atoms with E-state index < -0.39 is 5.97 Å². The van der Waals surface area contributed by atoms with Gasteiger partial charge in [-0.05, 0) is 30.3 Å². The van der Waals surface area contributed by atoms with Crippen LogP contribution in [0.4, 0.5) is 5.82 Å². The third-order valence-electron chi connectivity index (χ3n) is 5.09. The predicted molar refractivity (Wildman–Crippen MR) is 123 cm³/mol. The summed E-state index contributed by atoms with van der Waals surface area (Å²) in [6.07, 6.45) is 8.20. The maximum atomic E-state index is 11.0. The van der Waals surface area contributed by atoms with Crippen LogP contribution in [-0.4, -0.2) is 48.5 Å². The first-order valence-electron chi connectivity index (χ1n) is 9.89. The first kappa shape index (κ1) is 20.1. The van der Waals surface area contributed by atoms with E-state index in [1.807, 2.05) is 24.3 Å². The second-order valence-corrected chi connectivity index (χ2v) is 7.18. The topological polar surface area (TPSA) is 141 Å². The highest BCUT2D eigenvalue weighted by molar-refractivity contribution is 6.37. The Balaban J connectivity index is 1.52. The Hall–Kier alpha value is -4.80. The van der Waals surface area contributed by atoms with E-state index in [1.165, 1.54) is 18.3 Å². The molecule has 160 valence electrons. The zero-order valence-corrected chi connectivity index (χ0v) is 17.4. The van der Waals surface area contributed by atoms with Gasteiger partial charge in [-0.15, -0.1) is 0 Å². The lowest BCUT2D eigenvalue weighted by Gasteiger charge is -2.11. The Morgan fingerprint density at radius 1 is 1.03 bits per heavy atom. The summed E-state index contributed by atoms with van der Waals surface area (Å²) in [5.41, 5.74) is 10.6. The molecular weight excluding hydrogens is 421 g/mol. The summed E-state index contributed by atoms with van der Waals surface area (Å²) in [4.78, 5) is 28.2. The van der Waals surface area contributed by atoms with Gasteiger partial charge < -0.3 is 15.6 Å². The van der Waals surface area contributed by atoms with E-state index in [-0.39, 0.29) is 11.6 Å². The number of hydrogen-bond acceptors (Lipinski definition) is 8. The second-order valence-electron chi connectivity index (χ2n) is 7.18. The fourth-order valence-corrected chi connectivity index (χ4v) is 3.29. The number of rotatable bonds is 5. The Morgan fingerprint density at radius 3 is 2.58 bits per heavy atom. The van der Waals surface area contributed by atoms with Gasteiger partial charge in [0.2, 0.25) is 5.88 Å². The van der Waals surface area contributed by atoms with Gasteiger partial charge in [-0.2, -0.15) is 14.6 Å². The average molecular weight is 437 g/mol. The number of ether oxygens (including phenoxy) is 1. The number of nitrogen functional groups attached to an aromatic ring is 1. The van der Waals surface area contributed by atoms with Crippen LogP contribution in [0.15, 0.2) is 67.4 Å². The molecule has 0 amide bonds. The normalized spacial score (nSPS) is 10.9. The number of nitrogens with zero attached hydrogens (tertiary/aromatic N) is 6. The van der Waals surface area contributed by atoms with Gasteiger partial charge >= 0.3 is 5.97 Å². The van der Waals surface area contributed by atoms with Crippen LogP contribution in [0.2, 0.25) is 0 Å². The van der Waals surface area contributed by atoms with Crippen LogP contribution >= 0.6 is 0 Å². The standard InChI is InChI=1S/C22H16BN7O3/c23-18-19(24)30-20(29-21(18)33-14-4-6-17(22(31)32)27-10-14)15(11-28-30)12-3-5-16(26-9-12)13-2-1-7-25-8-13/h1-11H,23-24H2,(H,31,32). The Labute approximate surface area is 188 Å². The molecular formula is C22H16BN7O3. The first-order valence-corrected chi connectivity index (χ1v) is 9.89. The minimum absolute atomic E-state index is 0.0812.